The number of fused-ring (bicyclic) bond motifs is 4. The summed E-state index contributed by atoms with van der Waals surface area (Å²) >= 11 is 0. The molecule has 0 amide bonds. The van der Waals surface area contributed by atoms with Gasteiger partial charge in [-0.1, -0.05) is 36.4 Å². The van der Waals surface area contributed by atoms with E-state index >= 15 is 0 Å². The Kier molecular flexibility index (Phi) is 14.2. The van der Waals surface area contributed by atoms with Crippen molar-refractivity contribution >= 4 is 118 Å². The van der Waals surface area contributed by atoms with Crippen molar-refractivity contribution in [3.8, 4) is 23.0 Å². The van der Waals surface area contributed by atoms with Crippen LogP contribution in [0.5, 0.6) is 23.0 Å². The van der Waals surface area contributed by atoms with E-state index in [1.165, 1.54) is 48.5 Å². The third kappa shape index (κ3) is 10.5. The first-order valence-electron chi connectivity index (χ1n) is 18.7. The summed E-state index contributed by atoms with van der Waals surface area (Å²) < 4.78 is 132. The average Bonchev–Trinajstić information content (AvgIpc) is 3.27. The quantitative estimate of drug-likeness (QED) is 0.0274. The predicted octanol–water partition coefficient (Wildman–Crippen LogP) is 9.00. The van der Waals surface area contributed by atoms with Gasteiger partial charge < -0.3 is 20.4 Å². The summed E-state index contributed by atoms with van der Waals surface area (Å²) in [6.07, 6.45) is 0. The Morgan fingerprint density at radius 3 is 1.07 bits per heavy atom. The number of nitro groups is 2. The number of benzene rings is 8. The number of rotatable bonds is 10. The molecule has 8 aromatic carbocycles. The van der Waals surface area contributed by atoms with Gasteiger partial charge in [0.2, 0.25) is 0 Å². The van der Waals surface area contributed by atoms with Gasteiger partial charge in [0, 0.05) is 86.1 Å². The molecule has 0 aliphatic heterocycles. The van der Waals surface area contributed by atoms with Crippen molar-refractivity contribution in [1.82, 2.24) is 0 Å². The van der Waals surface area contributed by atoms with Crippen molar-refractivity contribution in [2.24, 2.45) is 20.5 Å². The molecule has 0 saturated carbocycles. The standard InChI is InChI=1S/2C20H13N3O10S2.Cr/c2*24-15-9-17(35(31,32)33)13-8-11(23(26)27)5-6-12(13)19(15)22-21-14-7-4-10-2-1-3-16(34(28,29)30)18(10)20(14)25;/h2*1-9,24-25H,(H,28,29,30)(H,31,32,33);/p+5. The molecular formula is C40H31CrN6O20S4+5. The summed E-state index contributed by atoms with van der Waals surface area (Å²) in [5, 5.41) is 78.6. The van der Waals surface area contributed by atoms with Crippen LogP contribution in [0.1, 0.15) is 7.13 Å². The molecule has 8 rings (SSSR count). The van der Waals surface area contributed by atoms with Crippen LogP contribution in [-0.2, 0) is 57.8 Å². The van der Waals surface area contributed by atoms with Gasteiger partial charge in [-0.3, -0.25) is 38.4 Å². The number of azo groups is 2. The first-order chi connectivity index (χ1) is 32.6. The number of hydrogen-bond donors (Lipinski definition) is 8. The Bertz CT molecular complexity index is 3900. The monoisotopic (exact) mass is 1090 g/mol. The van der Waals surface area contributed by atoms with Gasteiger partial charge in [-0.25, -0.2) is 0 Å². The van der Waals surface area contributed by atoms with Gasteiger partial charge in [-0.15, -0.1) is 20.5 Å². The van der Waals surface area contributed by atoms with Crippen LogP contribution in [0.2, 0.25) is 0 Å². The second-order valence-electron chi connectivity index (χ2n) is 14.3. The minimum absolute atomic E-state index is 0. The van der Waals surface area contributed by atoms with Gasteiger partial charge in [0.25, 0.3) is 51.8 Å². The van der Waals surface area contributed by atoms with Crippen molar-refractivity contribution in [3.05, 3.63) is 129 Å². The zero-order valence-electron chi connectivity index (χ0n) is 39.6. The molecule has 0 radical (unpaired) electrons. The van der Waals surface area contributed by atoms with E-state index in [1.807, 2.05) is 0 Å². The van der Waals surface area contributed by atoms with Crippen LogP contribution in [0.4, 0.5) is 34.1 Å². The fraction of sp³-hybridized carbons (Fsp3) is 0. The molecule has 31 heteroatoms. The summed E-state index contributed by atoms with van der Waals surface area (Å²) in [5.41, 5.74) is -2.26. The minimum atomic E-state index is -4.90. The Morgan fingerprint density at radius 1 is 0.423 bits per heavy atom. The molecule has 71 heavy (non-hydrogen) atoms. The molecule has 26 nitrogen and oxygen atoms in total. The van der Waals surface area contributed by atoms with Crippen LogP contribution in [0.15, 0.2) is 149 Å². The molecule has 0 spiro atoms. The number of phenols is 4. The molecule has 0 fully saturated rings. The maximum absolute atomic E-state index is 11.8. The zero-order valence-corrected chi connectivity index (χ0v) is 39.1. The average molecular weight is 1100 g/mol. The summed E-state index contributed by atoms with van der Waals surface area (Å²) in [6.45, 7) is 0. The first kappa shape index (κ1) is 52.5. The van der Waals surface area contributed by atoms with Crippen LogP contribution in [0.25, 0.3) is 43.1 Å². The Labute approximate surface area is 415 Å². The Morgan fingerprint density at radius 2 is 0.761 bits per heavy atom. The van der Waals surface area contributed by atoms with E-state index < -0.39 is 104 Å². The van der Waals surface area contributed by atoms with Crippen molar-refractivity contribution in [3.63, 3.8) is 0 Å². The molecular weight excluding hydrogens is 1060 g/mol. The zero-order chi connectivity index (χ0) is 51.4. The van der Waals surface area contributed by atoms with Gasteiger partial charge in [0.15, 0.2) is 11.5 Å². The molecule has 0 bridgehead atoms. The molecule has 366 valence electrons. The van der Waals surface area contributed by atoms with Gasteiger partial charge in [0.05, 0.1) is 9.85 Å². The Hall–Kier alpha value is -7.83. The van der Waals surface area contributed by atoms with Crippen LogP contribution < -0.4 is 0 Å². The van der Waals surface area contributed by atoms with E-state index in [9.17, 15) is 92.5 Å². The van der Waals surface area contributed by atoms with E-state index in [2.05, 4.69) is 20.5 Å². The second kappa shape index (κ2) is 19.2. The van der Waals surface area contributed by atoms with Crippen LogP contribution in [0, 0.1) is 20.2 Å². The van der Waals surface area contributed by atoms with Gasteiger partial charge in [-0.2, -0.15) is 33.7 Å². The smallest absolute Gasteiger partial charge is 0.506 e. The van der Waals surface area contributed by atoms with Gasteiger partial charge in [0.1, 0.15) is 53.8 Å². The summed E-state index contributed by atoms with van der Waals surface area (Å²) in [5.74, 6) is -2.84. The fourth-order valence-corrected chi connectivity index (χ4v) is 9.86. The van der Waals surface area contributed by atoms with E-state index in [-0.39, 0.29) is 90.3 Å². The molecule has 0 unspecified atom stereocenters. The molecule has 8 N–H and O–H groups in total. The van der Waals surface area contributed by atoms with Gasteiger partial charge in [-0.05, 0) is 47.2 Å². The maximum Gasteiger partial charge on any atom is 1.00 e. The number of nitrogens with zero attached hydrogens (tertiary/aromatic N) is 6. The summed E-state index contributed by atoms with van der Waals surface area (Å²) in [4.78, 5) is 17.9. The molecule has 0 heterocycles. The number of aromatic hydroxyl groups is 4. The molecule has 0 aliphatic rings. The fourth-order valence-electron chi connectivity index (χ4n) is 7.00. The second-order valence-corrected chi connectivity index (χ2v) is 19.9. The predicted molar refractivity (Wildman–Crippen MR) is 249 cm³/mol. The summed E-state index contributed by atoms with van der Waals surface area (Å²) in [6, 6.07) is 20.3. The number of hydrogen-bond acceptors (Lipinski definition) is 20. The van der Waals surface area contributed by atoms with E-state index in [1.54, 1.807) is 0 Å². The molecule has 8 aromatic rings. The minimum Gasteiger partial charge on any atom is -0.506 e. The maximum atomic E-state index is 11.8. The largest absolute Gasteiger partial charge is 1.00 e. The van der Waals surface area contributed by atoms with Crippen molar-refractivity contribution in [2.45, 2.75) is 19.6 Å². The van der Waals surface area contributed by atoms with Crippen LogP contribution in [-0.4, -0.2) is 82.2 Å². The number of phenolic OH excluding ortho intramolecular Hbond substituents is 4. The third-order valence-corrected chi connectivity index (χ3v) is 13.6. The van der Waals surface area contributed by atoms with Crippen molar-refractivity contribution in [1.29, 1.82) is 0 Å². The van der Waals surface area contributed by atoms with Crippen LogP contribution >= 0.6 is 0 Å². The molecule has 0 aromatic heterocycles. The van der Waals surface area contributed by atoms with Crippen LogP contribution in [0.3, 0.4) is 0 Å². The number of non-ortho nitro benzene ring substituents is 2. The Balaban J connectivity index is 0.000000704. The first-order valence-corrected chi connectivity index (χ1v) is 24.4. The SMILES string of the molecule is O=[N+]([O-])c1ccc2c(N=Nc3ccc4cccc(S(=O)(=O)O)c4c3O)c(O)cc(S(=O)(=O)O)c2c1.O=[N+]([O-])c1ccc2c(N=Nc3ccc4cccc(S(=O)(=O)O)c4c3O)c(O)cc(S(=O)(=O)O)c2c1.[Cr].[H+].[H+].[H+].[H+].[H+]. The molecule has 0 atom stereocenters. The topological polar surface area (TPSA) is 434 Å². The molecule has 0 saturated heterocycles. The van der Waals surface area contributed by atoms with Crippen molar-refractivity contribution < 1.29 is 107 Å². The normalized spacial score (nSPS) is 12.3. The van der Waals surface area contributed by atoms with E-state index in [0.29, 0.717) is 12.1 Å². The van der Waals surface area contributed by atoms with Crippen molar-refractivity contribution in [2.75, 3.05) is 0 Å². The third-order valence-electron chi connectivity index (χ3n) is 10.0. The molecule has 0 aliphatic carbocycles. The summed E-state index contributed by atoms with van der Waals surface area (Å²) in [7, 11) is -19.2. The van der Waals surface area contributed by atoms with Gasteiger partial charge >= 0.3 is 7.13 Å². The number of nitro benzene ring substituents is 2. The van der Waals surface area contributed by atoms with E-state index in [4.69, 9.17) is 0 Å². The van der Waals surface area contributed by atoms with E-state index in [0.717, 1.165) is 48.5 Å².